The molecule has 0 saturated carbocycles. The van der Waals surface area contributed by atoms with Crippen LogP contribution >= 0.6 is 0 Å². The van der Waals surface area contributed by atoms with Gasteiger partial charge in [-0.3, -0.25) is 4.79 Å². The lowest BCUT2D eigenvalue weighted by atomic mass is 9.90. The Labute approximate surface area is 172 Å². The second-order valence-electron chi connectivity index (χ2n) is 8.10. The maximum atomic E-state index is 11.5. The molecule has 0 spiro atoms. The summed E-state index contributed by atoms with van der Waals surface area (Å²) in [6.07, 6.45) is 17.4. The molecule has 0 aromatic heterocycles. The summed E-state index contributed by atoms with van der Waals surface area (Å²) in [7, 11) is 0. The quantitative estimate of drug-likeness (QED) is 0.190. The Bertz CT molecular complexity index is 335. The molecule has 0 aromatic carbocycles. The van der Waals surface area contributed by atoms with Crippen molar-refractivity contribution >= 4 is 5.97 Å². The smallest absolute Gasteiger partial charge is 0.305 e. The molecule has 5 nitrogen and oxygen atoms in total. The molecule has 2 atom stereocenters. The molecule has 0 radical (unpaired) electrons. The zero-order chi connectivity index (χ0) is 20.9. The standard InChI is InChI=1S/C23H46O5/c1-2-3-4-5-6-7-8-9-10-11-12-14-21(19-22(26)20-25)15-13-16-23(27)28-18-17-24/h21-22,24-26H,2-20H2,1H3. The molecule has 0 aliphatic carbocycles. The van der Waals surface area contributed by atoms with Gasteiger partial charge in [0.2, 0.25) is 0 Å². The molecule has 0 bridgehead atoms. The number of hydrogen-bond donors (Lipinski definition) is 3. The van der Waals surface area contributed by atoms with Crippen molar-refractivity contribution in [1.82, 2.24) is 0 Å². The Morgan fingerprint density at radius 1 is 0.821 bits per heavy atom. The summed E-state index contributed by atoms with van der Waals surface area (Å²) in [4.78, 5) is 11.5. The van der Waals surface area contributed by atoms with E-state index in [1.807, 2.05) is 0 Å². The van der Waals surface area contributed by atoms with Crippen LogP contribution in [0.1, 0.15) is 110 Å². The zero-order valence-corrected chi connectivity index (χ0v) is 18.2. The molecule has 0 saturated heterocycles. The zero-order valence-electron chi connectivity index (χ0n) is 18.2. The first-order valence-corrected chi connectivity index (χ1v) is 11.7. The molecule has 5 heteroatoms. The number of carbonyl (C=O) groups is 1. The fourth-order valence-electron chi connectivity index (χ4n) is 3.70. The molecule has 3 N–H and O–H groups in total. The minimum absolute atomic E-state index is 0.0598. The van der Waals surface area contributed by atoms with E-state index < -0.39 is 6.10 Å². The van der Waals surface area contributed by atoms with Crippen molar-refractivity contribution in [2.24, 2.45) is 5.92 Å². The SMILES string of the molecule is CCCCCCCCCCCCCC(CCCC(=O)OCCO)CC(O)CO. The van der Waals surface area contributed by atoms with Crippen molar-refractivity contribution < 1.29 is 24.9 Å². The predicted octanol–water partition coefficient (Wildman–Crippen LogP) is 4.75. The molecule has 0 rings (SSSR count). The lowest BCUT2D eigenvalue weighted by molar-refractivity contribution is -0.144. The van der Waals surface area contributed by atoms with Crippen molar-refractivity contribution in [2.45, 2.75) is 116 Å². The Hall–Kier alpha value is -0.650. The highest BCUT2D eigenvalue weighted by atomic mass is 16.5. The summed E-state index contributed by atoms with van der Waals surface area (Å²) in [5.41, 5.74) is 0. The number of rotatable bonds is 21. The normalized spacial score (nSPS) is 13.4. The third-order valence-corrected chi connectivity index (χ3v) is 5.38. The van der Waals surface area contributed by atoms with Crippen LogP contribution in [0.15, 0.2) is 0 Å². The predicted molar refractivity (Wildman–Crippen MR) is 114 cm³/mol. The van der Waals surface area contributed by atoms with E-state index in [2.05, 4.69) is 6.92 Å². The third kappa shape index (κ3) is 18.7. The highest BCUT2D eigenvalue weighted by molar-refractivity contribution is 5.69. The second kappa shape index (κ2) is 21.1. The molecule has 0 aromatic rings. The van der Waals surface area contributed by atoms with Crippen LogP contribution in [0.5, 0.6) is 0 Å². The van der Waals surface area contributed by atoms with E-state index in [-0.39, 0.29) is 25.8 Å². The van der Waals surface area contributed by atoms with Gasteiger partial charge in [-0.1, -0.05) is 84.0 Å². The van der Waals surface area contributed by atoms with Crippen molar-refractivity contribution in [1.29, 1.82) is 0 Å². The first-order chi connectivity index (χ1) is 13.6. The van der Waals surface area contributed by atoms with Gasteiger partial charge in [-0.05, 0) is 25.2 Å². The largest absolute Gasteiger partial charge is 0.463 e. The van der Waals surface area contributed by atoms with E-state index in [0.29, 0.717) is 18.8 Å². The lowest BCUT2D eigenvalue weighted by Crippen LogP contribution is -2.18. The summed E-state index contributed by atoms with van der Waals surface area (Å²) >= 11 is 0. The van der Waals surface area contributed by atoms with Crippen molar-refractivity contribution in [3.63, 3.8) is 0 Å². The highest BCUT2D eigenvalue weighted by Crippen LogP contribution is 2.23. The second-order valence-corrected chi connectivity index (χ2v) is 8.10. The Morgan fingerprint density at radius 2 is 1.36 bits per heavy atom. The molecule has 0 amide bonds. The molecule has 28 heavy (non-hydrogen) atoms. The number of ether oxygens (including phenoxy) is 1. The van der Waals surface area contributed by atoms with Crippen LogP contribution in [0.4, 0.5) is 0 Å². The van der Waals surface area contributed by atoms with E-state index in [1.165, 1.54) is 64.2 Å². The van der Waals surface area contributed by atoms with E-state index in [4.69, 9.17) is 14.9 Å². The molecule has 168 valence electrons. The van der Waals surface area contributed by atoms with Gasteiger partial charge in [0.25, 0.3) is 0 Å². The van der Waals surface area contributed by atoms with Gasteiger partial charge in [-0.15, -0.1) is 0 Å². The first kappa shape index (κ1) is 27.4. The van der Waals surface area contributed by atoms with E-state index >= 15 is 0 Å². The fourth-order valence-corrected chi connectivity index (χ4v) is 3.70. The molecule has 0 fully saturated rings. The number of aliphatic hydroxyl groups is 3. The summed E-state index contributed by atoms with van der Waals surface area (Å²) in [5.74, 6) is 0.0663. The summed E-state index contributed by atoms with van der Waals surface area (Å²) < 4.78 is 4.87. The molecule has 0 aliphatic heterocycles. The van der Waals surface area contributed by atoms with Crippen LogP contribution in [0.25, 0.3) is 0 Å². The monoisotopic (exact) mass is 402 g/mol. The lowest BCUT2D eigenvalue weighted by Gasteiger charge is -2.19. The first-order valence-electron chi connectivity index (χ1n) is 11.7. The fraction of sp³-hybridized carbons (Fsp3) is 0.957. The van der Waals surface area contributed by atoms with Crippen LogP contribution in [0.2, 0.25) is 0 Å². The molecular formula is C23H46O5. The summed E-state index contributed by atoms with van der Waals surface area (Å²) in [6.45, 7) is 1.97. The van der Waals surface area contributed by atoms with E-state index in [9.17, 15) is 9.90 Å². The number of hydrogen-bond acceptors (Lipinski definition) is 5. The highest BCUT2D eigenvalue weighted by Gasteiger charge is 2.15. The van der Waals surface area contributed by atoms with Crippen LogP contribution in [-0.2, 0) is 9.53 Å². The van der Waals surface area contributed by atoms with E-state index in [0.717, 1.165) is 25.7 Å². The van der Waals surface area contributed by atoms with Gasteiger partial charge in [0, 0.05) is 6.42 Å². The number of esters is 1. The summed E-state index contributed by atoms with van der Waals surface area (Å²) in [6, 6.07) is 0. The van der Waals surface area contributed by atoms with Gasteiger partial charge in [0.1, 0.15) is 6.61 Å². The topological polar surface area (TPSA) is 87.0 Å². The van der Waals surface area contributed by atoms with Crippen molar-refractivity contribution in [3.05, 3.63) is 0 Å². The third-order valence-electron chi connectivity index (χ3n) is 5.38. The van der Waals surface area contributed by atoms with Crippen molar-refractivity contribution in [2.75, 3.05) is 19.8 Å². The number of carbonyl (C=O) groups excluding carboxylic acids is 1. The summed E-state index contributed by atoms with van der Waals surface area (Å²) in [5, 5.41) is 27.5. The maximum absolute atomic E-state index is 11.5. The average Bonchev–Trinajstić information content (AvgIpc) is 2.70. The van der Waals surface area contributed by atoms with Crippen LogP contribution in [-0.4, -0.2) is 47.2 Å². The molecule has 0 heterocycles. The van der Waals surface area contributed by atoms with Crippen LogP contribution in [0, 0.1) is 5.92 Å². The van der Waals surface area contributed by atoms with Gasteiger partial charge >= 0.3 is 5.97 Å². The minimum atomic E-state index is -0.668. The van der Waals surface area contributed by atoms with Gasteiger partial charge in [-0.2, -0.15) is 0 Å². The van der Waals surface area contributed by atoms with Gasteiger partial charge in [0.15, 0.2) is 0 Å². The number of aliphatic hydroxyl groups excluding tert-OH is 3. The molecule has 0 aliphatic rings. The van der Waals surface area contributed by atoms with Gasteiger partial charge in [-0.25, -0.2) is 0 Å². The minimum Gasteiger partial charge on any atom is -0.463 e. The van der Waals surface area contributed by atoms with Gasteiger partial charge < -0.3 is 20.1 Å². The van der Waals surface area contributed by atoms with E-state index in [1.54, 1.807) is 0 Å². The van der Waals surface area contributed by atoms with Crippen LogP contribution in [0.3, 0.4) is 0 Å². The Kier molecular flexibility index (Phi) is 20.6. The maximum Gasteiger partial charge on any atom is 0.305 e. The average molecular weight is 403 g/mol. The molecular weight excluding hydrogens is 356 g/mol. The van der Waals surface area contributed by atoms with Crippen molar-refractivity contribution in [3.8, 4) is 0 Å². The Balaban J connectivity index is 3.77. The van der Waals surface area contributed by atoms with Gasteiger partial charge in [0.05, 0.1) is 19.3 Å². The Morgan fingerprint density at radius 3 is 1.89 bits per heavy atom. The van der Waals surface area contributed by atoms with Crippen LogP contribution < -0.4 is 0 Å². The molecule has 2 unspecified atom stereocenters. The number of unbranched alkanes of at least 4 members (excludes halogenated alkanes) is 10.